The average Bonchev–Trinajstić information content (AvgIpc) is 3.62. The zero-order valence-electron chi connectivity index (χ0n) is 20.7. The number of benzene rings is 2. The fraction of sp³-hybridized carbons (Fsp3) is 0.269. The van der Waals surface area contributed by atoms with Crippen molar-refractivity contribution in [1.29, 1.82) is 0 Å². The van der Waals surface area contributed by atoms with Gasteiger partial charge in [-0.2, -0.15) is 4.98 Å². The minimum absolute atomic E-state index is 0.162. The van der Waals surface area contributed by atoms with Crippen LogP contribution >= 0.6 is 0 Å². The number of amides is 1. The Kier molecular flexibility index (Phi) is 6.24. The van der Waals surface area contributed by atoms with Gasteiger partial charge in [-0.15, -0.1) is 5.10 Å². The molecule has 0 aliphatic heterocycles. The Labute approximate surface area is 208 Å². The Balaban J connectivity index is 1.56. The van der Waals surface area contributed by atoms with Gasteiger partial charge in [-0.1, -0.05) is 30.3 Å². The molecule has 3 heterocycles. The van der Waals surface area contributed by atoms with Gasteiger partial charge in [0.1, 0.15) is 0 Å². The molecule has 0 saturated heterocycles. The van der Waals surface area contributed by atoms with Gasteiger partial charge in [0, 0.05) is 24.8 Å². The number of aromatic amines is 1. The first-order valence-electron chi connectivity index (χ1n) is 11.9. The number of carbonyl (C=O) groups excluding carboxylic acids is 1. The smallest absolute Gasteiger partial charge is 0.297 e. The molecule has 3 aromatic heterocycles. The van der Waals surface area contributed by atoms with Crippen LogP contribution in [0.15, 0.2) is 48.5 Å². The third-order valence-electron chi connectivity index (χ3n) is 6.27. The molecule has 1 amide bonds. The summed E-state index contributed by atoms with van der Waals surface area (Å²) in [5.41, 5.74) is 7.30. The van der Waals surface area contributed by atoms with Crippen molar-refractivity contribution in [3.05, 3.63) is 65.4 Å². The number of ether oxygens (including phenoxy) is 1. The summed E-state index contributed by atoms with van der Waals surface area (Å²) in [7, 11) is 1.63. The molecule has 0 bridgehead atoms. The number of carbonyl (C=O) groups is 1. The lowest BCUT2D eigenvalue weighted by molar-refractivity contribution is 0.0964. The molecule has 2 aromatic carbocycles. The lowest BCUT2D eigenvalue weighted by Crippen LogP contribution is -2.19. The van der Waals surface area contributed by atoms with Crippen molar-refractivity contribution >= 4 is 16.9 Å². The van der Waals surface area contributed by atoms with Gasteiger partial charge in [-0.3, -0.25) is 9.36 Å². The van der Waals surface area contributed by atoms with Crippen molar-refractivity contribution < 1.29 is 9.53 Å². The van der Waals surface area contributed by atoms with E-state index in [1.807, 2.05) is 23.6 Å². The molecule has 0 saturated carbocycles. The van der Waals surface area contributed by atoms with E-state index >= 15 is 0 Å². The minimum Gasteiger partial charge on any atom is -0.465 e. The number of rotatable bonds is 8. The Hall–Kier alpha value is -4.47. The third kappa shape index (κ3) is 4.00. The van der Waals surface area contributed by atoms with Crippen LogP contribution in [-0.2, 0) is 13.1 Å². The summed E-state index contributed by atoms with van der Waals surface area (Å²) in [5.74, 6) is 0.475. The second-order valence-electron chi connectivity index (χ2n) is 8.41. The molecular formula is C26H28N8O2. The number of imidazole rings is 1. The first-order valence-corrected chi connectivity index (χ1v) is 11.9. The van der Waals surface area contributed by atoms with Crippen LogP contribution in [0, 0.1) is 6.92 Å². The Morgan fingerprint density at radius 2 is 1.92 bits per heavy atom. The number of nitrogens with one attached hydrogen (secondary N) is 2. The van der Waals surface area contributed by atoms with Crippen LogP contribution in [0.1, 0.15) is 35.5 Å². The SMILES string of the molecule is CCOc1nc2cccc(C(=O)NC)c2n1Cc1ccc(-c2c(-c3nnn[nH]3)cc(C)n2CC)cc1. The summed E-state index contributed by atoms with van der Waals surface area (Å²) in [5, 5.41) is 17.2. The van der Waals surface area contributed by atoms with E-state index in [4.69, 9.17) is 4.74 Å². The van der Waals surface area contributed by atoms with Crippen molar-refractivity contribution in [2.75, 3.05) is 13.7 Å². The number of para-hydroxylation sites is 1. The quantitative estimate of drug-likeness (QED) is 0.346. The van der Waals surface area contributed by atoms with E-state index in [2.05, 4.69) is 79.7 Å². The highest BCUT2D eigenvalue weighted by Crippen LogP contribution is 2.34. The first-order chi connectivity index (χ1) is 17.5. The van der Waals surface area contributed by atoms with Crippen molar-refractivity contribution in [2.45, 2.75) is 33.9 Å². The molecule has 0 atom stereocenters. The van der Waals surface area contributed by atoms with Crippen LogP contribution < -0.4 is 10.1 Å². The number of tetrazole rings is 1. The molecule has 5 aromatic rings. The fourth-order valence-electron chi connectivity index (χ4n) is 4.67. The largest absolute Gasteiger partial charge is 0.465 e. The number of hydrogen-bond acceptors (Lipinski definition) is 6. The van der Waals surface area contributed by atoms with E-state index in [0.29, 0.717) is 30.5 Å². The maximum absolute atomic E-state index is 12.6. The summed E-state index contributed by atoms with van der Waals surface area (Å²) < 4.78 is 10.1. The van der Waals surface area contributed by atoms with Crippen molar-refractivity contribution in [3.8, 4) is 28.7 Å². The molecule has 5 rings (SSSR count). The second kappa shape index (κ2) is 9.65. The summed E-state index contributed by atoms with van der Waals surface area (Å²) in [6.07, 6.45) is 0. The van der Waals surface area contributed by atoms with Crippen LogP contribution in [0.4, 0.5) is 0 Å². The zero-order valence-corrected chi connectivity index (χ0v) is 20.7. The van der Waals surface area contributed by atoms with Gasteiger partial charge in [0.2, 0.25) is 0 Å². The molecule has 184 valence electrons. The predicted octanol–water partition coefficient (Wildman–Crippen LogP) is 3.82. The van der Waals surface area contributed by atoms with Crippen LogP contribution in [0.3, 0.4) is 0 Å². The molecule has 0 aliphatic rings. The zero-order chi connectivity index (χ0) is 25.2. The Morgan fingerprint density at radius 1 is 1.11 bits per heavy atom. The summed E-state index contributed by atoms with van der Waals surface area (Å²) in [6, 6.07) is 16.5. The van der Waals surface area contributed by atoms with Gasteiger partial charge < -0.3 is 14.6 Å². The average molecular weight is 485 g/mol. The second-order valence-corrected chi connectivity index (χ2v) is 8.41. The van der Waals surface area contributed by atoms with Gasteiger partial charge in [-0.05, 0) is 60.5 Å². The number of hydrogen-bond donors (Lipinski definition) is 2. The molecule has 10 nitrogen and oxygen atoms in total. The van der Waals surface area contributed by atoms with Gasteiger partial charge in [0.15, 0.2) is 5.82 Å². The summed E-state index contributed by atoms with van der Waals surface area (Å²) in [6.45, 7) is 7.93. The molecule has 0 unspecified atom stereocenters. The summed E-state index contributed by atoms with van der Waals surface area (Å²) >= 11 is 0. The van der Waals surface area contributed by atoms with E-state index in [1.54, 1.807) is 13.1 Å². The van der Waals surface area contributed by atoms with Gasteiger partial charge in [0.05, 0.1) is 35.4 Å². The number of nitrogens with zero attached hydrogens (tertiary/aromatic N) is 6. The van der Waals surface area contributed by atoms with E-state index in [-0.39, 0.29) is 5.91 Å². The van der Waals surface area contributed by atoms with Crippen LogP contribution in [0.25, 0.3) is 33.7 Å². The number of aromatic nitrogens is 7. The van der Waals surface area contributed by atoms with Crippen LogP contribution in [0.2, 0.25) is 0 Å². The van der Waals surface area contributed by atoms with Crippen molar-refractivity contribution in [3.63, 3.8) is 0 Å². The monoisotopic (exact) mass is 484 g/mol. The Morgan fingerprint density at radius 3 is 2.58 bits per heavy atom. The first kappa shape index (κ1) is 23.3. The van der Waals surface area contributed by atoms with Crippen LogP contribution in [0.5, 0.6) is 6.01 Å². The van der Waals surface area contributed by atoms with Crippen molar-refractivity contribution in [1.82, 2.24) is 40.1 Å². The lowest BCUT2D eigenvalue weighted by Gasteiger charge is -2.13. The fourth-order valence-corrected chi connectivity index (χ4v) is 4.67. The van der Waals surface area contributed by atoms with E-state index in [0.717, 1.165) is 45.7 Å². The Bertz CT molecular complexity index is 1510. The van der Waals surface area contributed by atoms with Gasteiger partial charge >= 0.3 is 0 Å². The highest BCUT2D eigenvalue weighted by molar-refractivity contribution is 6.05. The minimum atomic E-state index is -0.162. The number of H-pyrrole nitrogens is 1. The van der Waals surface area contributed by atoms with Crippen molar-refractivity contribution in [2.24, 2.45) is 0 Å². The highest BCUT2D eigenvalue weighted by atomic mass is 16.5. The highest BCUT2D eigenvalue weighted by Gasteiger charge is 2.20. The normalized spacial score (nSPS) is 11.2. The molecule has 10 heteroatoms. The molecular weight excluding hydrogens is 456 g/mol. The van der Waals surface area contributed by atoms with Gasteiger partial charge in [0.25, 0.3) is 11.9 Å². The number of aryl methyl sites for hydroxylation is 1. The van der Waals surface area contributed by atoms with Gasteiger partial charge in [-0.25, -0.2) is 5.10 Å². The maximum Gasteiger partial charge on any atom is 0.297 e. The van der Waals surface area contributed by atoms with E-state index in [9.17, 15) is 4.79 Å². The van der Waals surface area contributed by atoms with E-state index < -0.39 is 0 Å². The molecule has 0 spiro atoms. The standard InChI is InChI=1S/C26H28N8O2/c1-5-33-16(3)14-20(24-29-31-32-30-24)22(33)18-12-10-17(11-13-18)15-34-23-19(25(35)27-4)8-7-9-21(23)28-26(34)36-6-2/h7-14H,5-6,15H2,1-4H3,(H,27,35)(H,29,30,31,32). The third-order valence-corrected chi connectivity index (χ3v) is 6.27. The molecule has 2 N–H and O–H groups in total. The topological polar surface area (TPSA) is 116 Å². The number of fused-ring (bicyclic) bond motifs is 1. The molecule has 36 heavy (non-hydrogen) atoms. The lowest BCUT2D eigenvalue weighted by atomic mass is 10.0. The van der Waals surface area contributed by atoms with E-state index in [1.165, 1.54) is 0 Å². The van der Waals surface area contributed by atoms with Crippen LogP contribution in [-0.4, -0.2) is 54.3 Å². The maximum atomic E-state index is 12.6. The summed E-state index contributed by atoms with van der Waals surface area (Å²) in [4.78, 5) is 17.2. The molecule has 0 aliphatic carbocycles. The molecule has 0 fully saturated rings. The predicted molar refractivity (Wildman–Crippen MR) is 137 cm³/mol. The molecule has 0 radical (unpaired) electrons.